The minimum atomic E-state index is -0.368. The maximum atomic E-state index is 11.6. The molecular weight excluding hydrogens is 392 g/mol. The summed E-state index contributed by atoms with van der Waals surface area (Å²) in [4.78, 5) is 23.2. The number of benzene rings is 1. The number of fused-ring (bicyclic) bond motifs is 2. The molecule has 0 radical (unpaired) electrons. The third kappa shape index (κ3) is 3.90. The van der Waals surface area contributed by atoms with E-state index in [0.29, 0.717) is 23.9 Å². The van der Waals surface area contributed by atoms with Gasteiger partial charge in [0.05, 0.1) is 6.61 Å². The lowest BCUT2D eigenvalue weighted by Gasteiger charge is -2.59. The Bertz CT molecular complexity index is 1060. The SMILES string of the molecule is C=C1CC[C@@H]2C(C)(C)[C@H](OC(C)=O)CC[C@]2(C)[C@@H]1COc1ccc2ccc(=O)oc2c1. The highest BCUT2D eigenvalue weighted by Crippen LogP contribution is 2.61. The van der Waals surface area contributed by atoms with Crippen LogP contribution < -0.4 is 10.4 Å². The molecule has 5 nitrogen and oxygen atoms in total. The van der Waals surface area contributed by atoms with Crippen molar-refractivity contribution in [1.29, 1.82) is 0 Å². The molecule has 0 N–H and O–H groups in total. The summed E-state index contributed by atoms with van der Waals surface area (Å²) in [5, 5.41) is 0.867. The highest BCUT2D eigenvalue weighted by atomic mass is 16.5. The predicted molar refractivity (Wildman–Crippen MR) is 120 cm³/mol. The Morgan fingerprint density at radius 2 is 1.94 bits per heavy atom. The zero-order chi connectivity index (χ0) is 22.4. The molecule has 2 saturated carbocycles. The Hall–Kier alpha value is -2.56. The van der Waals surface area contributed by atoms with Gasteiger partial charge < -0.3 is 13.9 Å². The number of hydrogen-bond donors (Lipinski definition) is 0. The lowest BCUT2D eigenvalue weighted by molar-refractivity contribution is -0.175. The number of ether oxygens (including phenoxy) is 2. The molecule has 4 rings (SSSR count). The fourth-order valence-electron chi connectivity index (χ4n) is 6.18. The average molecular weight is 425 g/mol. The predicted octanol–water partition coefficient (Wildman–Crippen LogP) is 5.51. The van der Waals surface area contributed by atoms with E-state index >= 15 is 0 Å². The number of carbonyl (C=O) groups is 1. The van der Waals surface area contributed by atoms with Crippen molar-refractivity contribution in [3.05, 3.63) is 52.9 Å². The molecule has 0 spiro atoms. The normalized spacial score (nSPS) is 29.9. The zero-order valence-corrected chi connectivity index (χ0v) is 18.9. The summed E-state index contributed by atoms with van der Waals surface area (Å²) < 4.78 is 17.2. The van der Waals surface area contributed by atoms with Gasteiger partial charge in [0.15, 0.2) is 0 Å². The quantitative estimate of drug-likeness (QED) is 0.368. The van der Waals surface area contributed by atoms with Gasteiger partial charge in [0.2, 0.25) is 0 Å². The van der Waals surface area contributed by atoms with Gasteiger partial charge in [-0.25, -0.2) is 4.79 Å². The standard InChI is InChI=1S/C26H32O5/c1-16-6-10-22-25(3,4)23(30-17(2)27)12-13-26(22,5)20(16)15-29-19-9-7-18-8-11-24(28)31-21(18)14-19/h7-9,11,14,20,22-23H,1,6,10,12-13,15H2,2-5H3/t20-,22-,23-,26-/m1/s1. The maximum Gasteiger partial charge on any atom is 0.336 e. The minimum absolute atomic E-state index is 0.0267. The van der Waals surface area contributed by atoms with Crippen LogP contribution in [0.2, 0.25) is 0 Å². The molecule has 2 fully saturated rings. The highest BCUT2D eigenvalue weighted by molar-refractivity contribution is 5.77. The van der Waals surface area contributed by atoms with Gasteiger partial charge in [0.25, 0.3) is 0 Å². The summed E-state index contributed by atoms with van der Waals surface area (Å²) in [5.41, 5.74) is 1.31. The van der Waals surface area contributed by atoms with Gasteiger partial charge in [-0.2, -0.15) is 0 Å². The minimum Gasteiger partial charge on any atom is -0.493 e. The second-order valence-corrected chi connectivity index (χ2v) is 10.0. The second kappa shape index (κ2) is 7.85. The van der Waals surface area contributed by atoms with Gasteiger partial charge in [-0.1, -0.05) is 32.9 Å². The molecule has 2 aromatic rings. The van der Waals surface area contributed by atoms with Gasteiger partial charge >= 0.3 is 11.6 Å². The Morgan fingerprint density at radius 3 is 2.68 bits per heavy atom. The molecule has 31 heavy (non-hydrogen) atoms. The Balaban J connectivity index is 1.56. The van der Waals surface area contributed by atoms with E-state index in [1.54, 1.807) is 12.1 Å². The number of rotatable bonds is 4. The van der Waals surface area contributed by atoms with Crippen molar-refractivity contribution >= 4 is 16.9 Å². The molecular formula is C26H32O5. The molecule has 1 aromatic heterocycles. The Labute approximate surface area is 183 Å². The lowest BCUT2D eigenvalue weighted by Crippen LogP contribution is -2.56. The van der Waals surface area contributed by atoms with Crippen molar-refractivity contribution in [3.63, 3.8) is 0 Å². The van der Waals surface area contributed by atoms with E-state index in [2.05, 4.69) is 27.4 Å². The van der Waals surface area contributed by atoms with Crippen LogP contribution in [0.4, 0.5) is 0 Å². The molecule has 0 saturated heterocycles. The Kier molecular flexibility index (Phi) is 5.48. The van der Waals surface area contributed by atoms with E-state index in [0.717, 1.165) is 31.1 Å². The largest absolute Gasteiger partial charge is 0.493 e. The van der Waals surface area contributed by atoms with Gasteiger partial charge in [0, 0.05) is 35.8 Å². The van der Waals surface area contributed by atoms with E-state index < -0.39 is 0 Å². The second-order valence-electron chi connectivity index (χ2n) is 10.0. The first-order valence-electron chi connectivity index (χ1n) is 11.1. The van der Waals surface area contributed by atoms with E-state index in [-0.39, 0.29) is 34.4 Å². The summed E-state index contributed by atoms with van der Waals surface area (Å²) in [6.07, 6.45) is 3.78. The van der Waals surface area contributed by atoms with Crippen LogP contribution in [0.1, 0.15) is 53.4 Å². The van der Waals surface area contributed by atoms with Crippen LogP contribution in [0.3, 0.4) is 0 Å². The van der Waals surface area contributed by atoms with Crippen LogP contribution >= 0.6 is 0 Å². The van der Waals surface area contributed by atoms with E-state index in [1.165, 1.54) is 18.6 Å². The van der Waals surface area contributed by atoms with Gasteiger partial charge in [-0.3, -0.25) is 4.79 Å². The highest BCUT2D eigenvalue weighted by Gasteiger charge is 2.57. The van der Waals surface area contributed by atoms with Crippen molar-refractivity contribution in [1.82, 2.24) is 0 Å². The van der Waals surface area contributed by atoms with E-state index in [9.17, 15) is 9.59 Å². The van der Waals surface area contributed by atoms with Crippen molar-refractivity contribution < 1.29 is 18.7 Å². The molecule has 1 aromatic carbocycles. The monoisotopic (exact) mass is 424 g/mol. The van der Waals surface area contributed by atoms with Crippen LogP contribution in [0.5, 0.6) is 5.75 Å². The molecule has 5 heteroatoms. The van der Waals surface area contributed by atoms with Crippen molar-refractivity contribution in [2.75, 3.05) is 6.61 Å². The lowest BCUT2D eigenvalue weighted by atomic mass is 9.47. The maximum absolute atomic E-state index is 11.6. The molecule has 166 valence electrons. The first kappa shape index (κ1) is 21.7. The molecule has 1 heterocycles. The summed E-state index contributed by atoms with van der Waals surface area (Å²) >= 11 is 0. The summed E-state index contributed by atoms with van der Waals surface area (Å²) in [6.45, 7) is 13.2. The molecule has 0 amide bonds. The number of esters is 1. The third-order valence-corrected chi connectivity index (χ3v) is 7.83. The van der Waals surface area contributed by atoms with E-state index in [1.807, 2.05) is 12.1 Å². The average Bonchev–Trinajstić information content (AvgIpc) is 2.69. The molecule has 4 atom stereocenters. The smallest absolute Gasteiger partial charge is 0.336 e. The fourth-order valence-corrected chi connectivity index (χ4v) is 6.18. The molecule has 2 aliphatic carbocycles. The fraction of sp³-hybridized carbons (Fsp3) is 0.538. The first-order valence-corrected chi connectivity index (χ1v) is 11.1. The van der Waals surface area contributed by atoms with Crippen LogP contribution in [0, 0.1) is 22.7 Å². The number of hydrogen-bond acceptors (Lipinski definition) is 5. The third-order valence-electron chi connectivity index (χ3n) is 7.83. The molecule has 0 unspecified atom stereocenters. The topological polar surface area (TPSA) is 65.7 Å². The van der Waals surface area contributed by atoms with Crippen molar-refractivity contribution in [2.45, 2.75) is 59.5 Å². The number of carbonyl (C=O) groups excluding carboxylic acids is 1. The summed E-state index contributed by atoms with van der Waals surface area (Å²) in [7, 11) is 0. The van der Waals surface area contributed by atoms with Gasteiger partial charge in [0.1, 0.15) is 17.4 Å². The summed E-state index contributed by atoms with van der Waals surface area (Å²) in [5.74, 6) is 1.10. The molecule has 2 aliphatic rings. The van der Waals surface area contributed by atoms with Crippen molar-refractivity contribution in [2.24, 2.45) is 22.7 Å². The molecule has 0 aliphatic heterocycles. The zero-order valence-electron chi connectivity index (χ0n) is 18.9. The Morgan fingerprint density at radius 1 is 1.19 bits per heavy atom. The van der Waals surface area contributed by atoms with Crippen LogP contribution in [-0.4, -0.2) is 18.7 Å². The van der Waals surface area contributed by atoms with Gasteiger partial charge in [-0.05, 0) is 55.2 Å². The van der Waals surface area contributed by atoms with Crippen LogP contribution in [-0.2, 0) is 9.53 Å². The van der Waals surface area contributed by atoms with E-state index in [4.69, 9.17) is 13.9 Å². The summed E-state index contributed by atoms with van der Waals surface area (Å²) in [6, 6.07) is 8.77. The van der Waals surface area contributed by atoms with Crippen molar-refractivity contribution in [3.8, 4) is 5.75 Å². The first-order chi connectivity index (χ1) is 14.6. The van der Waals surface area contributed by atoms with Gasteiger partial charge in [-0.15, -0.1) is 0 Å². The van der Waals surface area contributed by atoms with Crippen LogP contribution in [0.25, 0.3) is 11.0 Å². The van der Waals surface area contributed by atoms with Crippen LogP contribution in [0.15, 0.2) is 51.7 Å². The molecule has 0 bridgehead atoms.